The predicted molar refractivity (Wildman–Crippen MR) is 50.8 cm³/mol. The second-order valence-electron chi connectivity index (χ2n) is 4.52. The van der Waals surface area contributed by atoms with Crippen molar-refractivity contribution < 1.29 is 8.78 Å². The summed E-state index contributed by atoms with van der Waals surface area (Å²) in [5, 5.41) is -3.23. The van der Waals surface area contributed by atoms with E-state index in [1.807, 2.05) is 0 Å². The van der Waals surface area contributed by atoms with Crippen LogP contribution in [0.3, 0.4) is 0 Å². The molecule has 2 aliphatic rings. The third kappa shape index (κ3) is 1.75. The number of hydrogen-bond donors (Lipinski definition) is 2. The number of fused-ring (bicyclic) bond motifs is 2. The van der Waals surface area contributed by atoms with Crippen LogP contribution in [0.1, 0.15) is 25.7 Å². The summed E-state index contributed by atoms with van der Waals surface area (Å²) < 4.78 is 26.0. The summed E-state index contributed by atoms with van der Waals surface area (Å²) in [5.41, 5.74) is 2.19. The van der Waals surface area contributed by atoms with Crippen LogP contribution in [0.4, 0.5) is 8.78 Å². The molecule has 2 bridgehead atoms. The lowest BCUT2D eigenvalue weighted by atomic mass is 9.83. The average molecular weight is 225 g/mol. The first kappa shape index (κ1) is 10.6. The maximum absolute atomic E-state index is 13.0. The Morgan fingerprint density at radius 3 is 2.43 bits per heavy atom. The van der Waals surface area contributed by atoms with Crippen molar-refractivity contribution in [2.75, 3.05) is 0 Å². The molecule has 2 aliphatic carbocycles. The van der Waals surface area contributed by atoms with Crippen LogP contribution in [-0.4, -0.2) is 11.4 Å². The fourth-order valence-electron chi connectivity index (χ4n) is 3.16. The van der Waals surface area contributed by atoms with Gasteiger partial charge in [0.1, 0.15) is 6.04 Å². The number of hydrazine groups is 1. The molecule has 4 unspecified atom stereocenters. The van der Waals surface area contributed by atoms with Crippen LogP contribution in [0, 0.1) is 17.8 Å². The molecule has 2 nitrogen and oxygen atoms in total. The van der Waals surface area contributed by atoms with Gasteiger partial charge in [0.2, 0.25) is 0 Å². The Bertz CT molecular complexity index is 219. The van der Waals surface area contributed by atoms with E-state index in [2.05, 4.69) is 5.43 Å². The zero-order chi connectivity index (χ0) is 10.3. The van der Waals surface area contributed by atoms with E-state index in [9.17, 15) is 8.78 Å². The minimum atomic E-state index is -3.23. The summed E-state index contributed by atoms with van der Waals surface area (Å²) in [7, 11) is 0. The topological polar surface area (TPSA) is 38.0 Å². The number of alkyl halides is 3. The summed E-state index contributed by atoms with van der Waals surface area (Å²) in [5.74, 6) is 6.13. The fraction of sp³-hybridized carbons (Fsp3) is 1.00. The minimum absolute atomic E-state index is 0.0498. The smallest absolute Gasteiger partial charge is 0.271 e. The molecular formula is C9H15ClF2N2. The average Bonchev–Trinajstić information content (AvgIpc) is 2.63. The summed E-state index contributed by atoms with van der Waals surface area (Å²) in [6.07, 6.45) is 4.17. The second kappa shape index (κ2) is 3.58. The van der Waals surface area contributed by atoms with Gasteiger partial charge in [-0.25, -0.2) is 5.43 Å². The van der Waals surface area contributed by atoms with Crippen LogP contribution in [0.2, 0.25) is 0 Å². The highest BCUT2D eigenvalue weighted by atomic mass is 35.5. The van der Waals surface area contributed by atoms with Crippen molar-refractivity contribution in [2.45, 2.75) is 37.1 Å². The molecular weight excluding hydrogens is 210 g/mol. The molecule has 14 heavy (non-hydrogen) atoms. The van der Waals surface area contributed by atoms with Crippen molar-refractivity contribution in [3.63, 3.8) is 0 Å². The van der Waals surface area contributed by atoms with Crippen LogP contribution >= 0.6 is 11.6 Å². The van der Waals surface area contributed by atoms with Crippen molar-refractivity contribution in [1.29, 1.82) is 0 Å². The highest BCUT2D eigenvalue weighted by molar-refractivity contribution is 6.22. The van der Waals surface area contributed by atoms with Gasteiger partial charge in [0.15, 0.2) is 0 Å². The van der Waals surface area contributed by atoms with Gasteiger partial charge in [-0.1, -0.05) is 6.42 Å². The Balaban J connectivity index is 2.06. The quantitative estimate of drug-likeness (QED) is 0.438. The monoisotopic (exact) mass is 224 g/mol. The highest BCUT2D eigenvalue weighted by Crippen LogP contribution is 2.51. The predicted octanol–water partition coefficient (Wildman–Crippen LogP) is 2.09. The third-order valence-electron chi connectivity index (χ3n) is 3.75. The molecule has 0 radical (unpaired) electrons. The normalized spacial score (nSPS) is 39.0. The molecule has 4 atom stereocenters. The molecule has 2 rings (SSSR count). The van der Waals surface area contributed by atoms with Gasteiger partial charge >= 0.3 is 5.38 Å². The standard InChI is InChI=1S/C9H15ClF2N2/c10-9(11,12)8(14-13)7-4-5-1-2-6(7)3-5/h5-8,14H,1-4,13H2. The Hall–Kier alpha value is 0.0700. The fourth-order valence-corrected chi connectivity index (χ4v) is 3.39. The summed E-state index contributed by atoms with van der Waals surface area (Å²) >= 11 is 5.04. The van der Waals surface area contributed by atoms with E-state index in [4.69, 9.17) is 17.4 Å². The number of hydrogen-bond acceptors (Lipinski definition) is 2. The molecule has 3 N–H and O–H groups in total. The molecule has 0 spiro atoms. The van der Waals surface area contributed by atoms with Crippen LogP contribution in [0.5, 0.6) is 0 Å². The zero-order valence-electron chi connectivity index (χ0n) is 7.85. The van der Waals surface area contributed by atoms with Crippen molar-refractivity contribution in [2.24, 2.45) is 23.6 Å². The first-order valence-corrected chi connectivity index (χ1v) is 5.43. The lowest BCUT2D eigenvalue weighted by Gasteiger charge is -2.32. The highest BCUT2D eigenvalue weighted by Gasteiger charge is 2.50. The van der Waals surface area contributed by atoms with Crippen LogP contribution in [-0.2, 0) is 0 Å². The van der Waals surface area contributed by atoms with Gasteiger partial charge < -0.3 is 0 Å². The molecule has 0 aliphatic heterocycles. The molecule has 0 amide bonds. The van der Waals surface area contributed by atoms with Crippen LogP contribution in [0.15, 0.2) is 0 Å². The summed E-state index contributed by atoms with van der Waals surface area (Å²) in [4.78, 5) is 0. The van der Waals surface area contributed by atoms with E-state index in [0.29, 0.717) is 11.8 Å². The molecule has 5 heteroatoms. The molecule has 0 aromatic heterocycles. The number of nitrogens with one attached hydrogen (secondary N) is 1. The minimum Gasteiger partial charge on any atom is -0.271 e. The summed E-state index contributed by atoms with van der Waals surface area (Å²) in [6, 6.07) is -1.07. The summed E-state index contributed by atoms with van der Waals surface area (Å²) in [6.45, 7) is 0. The number of halogens is 3. The zero-order valence-corrected chi connectivity index (χ0v) is 8.61. The van der Waals surface area contributed by atoms with Crippen LogP contribution in [0.25, 0.3) is 0 Å². The Labute approximate surface area is 87.1 Å². The lowest BCUT2D eigenvalue weighted by Crippen LogP contribution is -2.51. The molecule has 0 aromatic rings. The maximum atomic E-state index is 13.0. The van der Waals surface area contributed by atoms with Gasteiger partial charge in [0.05, 0.1) is 0 Å². The largest absolute Gasteiger partial charge is 0.338 e. The SMILES string of the molecule is NNC(C1CC2CCC1C2)C(F)(F)Cl. The molecule has 0 aromatic carbocycles. The molecule has 2 fully saturated rings. The van der Waals surface area contributed by atoms with Gasteiger partial charge in [-0.05, 0) is 48.6 Å². The van der Waals surface area contributed by atoms with Crippen LogP contribution < -0.4 is 11.3 Å². The Kier molecular flexibility index (Phi) is 2.70. The van der Waals surface area contributed by atoms with Gasteiger partial charge in [-0.2, -0.15) is 8.78 Å². The van der Waals surface area contributed by atoms with E-state index in [1.54, 1.807) is 0 Å². The number of rotatable bonds is 3. The van der Waals surface area contributed by atoms with E-state index in [0.717, 1.165) is 19.3 Å². The third-order valence-corrected chi connectivity index (χ3v) is 3.99. The van der Waals surface area contributed by atoms with Gasteiger partial charge in [-0.15, -0.1) is 0 Å². The second-order valence-corrected chi connectivity index (χ2v) is 5.03. The van der Waals surface area contributed by atoms with E-state index >= 15 is 0 Å². The van der Waals surface area contributed by atoms with Crippen molar-refractivity contribution in [3.05, 3.63) is 0 Å². The van der Waals surface area contributed by atoms with Crippen molar-refractivity contribution in [3.8, 4) is 0 Å². The van der Waals surface area contributed by atoms with E-state index in [-0.39, 0.29) is 5.92 Å². The maximum Gasteiger partial charge on any atom is 0.338 e. The van der Waals surface area contributed by atoms with E-state index < -0.39 is 11.4 Å². The molecule has 2 saturated carbocycles. The Morgan fingerprint density at radius 1 is 1.36 bits per heavy atom. The molecule has 0 heterocycles. The van der Waals surface area contributed by atoms with Crippen molar-refractivity contribution >= 4 is 11.6 Å². The Morgan fingerprint density at radius 2 is 2.07 bits per heavy atom. The first-order chi connectivity index (χ1) is 6.52. The lowest BCUT2D eigenvalue weighted by molar-refractivity contribution is 0.0119. The molecule has 82 valence electrons. The van der Waals surface area contributed by atoms with Crippen molar-refractivity contribution in [1.82, 2.24) is 5.43 Å². The number of nitrogens with two attached hydrogens (primary N) is 1. The molecule has 0 saturated heterocycles. The van der Waals surface area contributed by atoms with Gasteiger partial charge in [0, 0.05) is 0 Å². The van der Waals surface area contributed by atoms with Gasteiger partial charge in [0.25, 0.3) is 0 Å². The van der Waals surface area contributed by atoms with E-state index in [1.165, 1.54) is 6.42 Å². The van der Waals surface area contributed by atoms with Gasteiger partial charge in [-0.3, -0.25) is 5.84 Å². The first-order valence-electron chi connectivity index (χ1n) is 5.05.